The largest absolute Gasteiger partial charge is 0.396 e. The Bertz CT molecular complexity index is 165. The summed E-state index contributed by atoms with van der Waals surface area (Å²) in [6.07, 6.45) is 4.02. The molecular weight excluding hydrogens is 178 g/mol. The minimum absolute atomic E-state index is 0.363. The van der Waals surface area contributed by atoms with Crippen LogP contribution in [0.3, 0.4) is 0 Å². The van der Waals surface area contributed by atoms with Crippen molar-refractivity contribution in [2.75, 3.05) is 39.5 Å². The molecular formula is C11H21NO2. The van der Waals surface area contributed by atoms with E-state index in [4.69, 9.17) is 4.74 Å². The lowest BCUT2D eigenvalue weighted by atomic mass is 9.76. The van der Waals surface area contributed by atoms with E-state index in [-0.39, 0.29) is 0 Å². The summed E-state index contributed by atoms with van der Waals surface area (Å²) in [5.41, 5.74) is 0. The van der Waals surface area contributed by atoms with Gasteiger partial charge in [-0.05, 0) is 11.8 Å². The van der Waals surface area contributed by atoms with E-state index < -0.39 is 0 Å². The fourth-order valence-electron chi connectivity index (χ4n) is 2.38. The van der Waals surface area contributed by atoms with Crippen molar-refractivity contribution in [2.24, 2.45) is 11.8 Å². The topological polar surface area (TPSA) is 32.7 Å². The van der Waals surface area contributed by atoms with Crippen molar-refractivity contribution in [3.8, 4) is 0 Å². The van der Waals surface area contributed by atoms with Crippen LogP contribution in [0.15, 0.2) is 0 Å². The molecule has 1 unspecified atom stereocenters. The van der Waals surface area contributed by atoms with E-state index >= 15 is 0 Å². The lowest BCUT2D eigenvalue weighted by Crippen LogP contribution is -2.42. The summed E-state index contributed by atoms with van der Waals surface area (Å²) in [5, 5.41) is 9.33. The van der Waals surface area contributed by atoms with E-state index in [1.165, 1.54) is 19.3 Å². The molecule has 82 valence electrons. The fraction of sp³-hybridized carbons (Fsp3) is 1.00. The van der Waals surface area contributed by atoms with Crippen molar-refractivity contribution in [2.45, 2.75) is 19.3 Å². The number of aliphatic hydroxyl groups is 1. The third-order valence-corrected chi connectivity index (χ3v) is 3.65. The van der Waals surface area contributed by atoms with Gasteiger partial charge in [0, 0.05) is 26.2 Å². The number of aliphatic hydroxyl groups excluding tert-OH is 1. The molecule has 14 heavy (non-hydrogen) atoms. The average Bonchev–Trinajstić information content (AvgIpc) is 2.15. The van der Waals surface area contributed by atoms with Gasteiger partial charge < -0.3 is 9.84 Å². The van der Waals surface area contributed by atoms with Crippen LogP contribution in [0.4, 0.5) is 0 Å². The Morgan fingerprint density at radius 3 is 2.50 bits per heavy atom. The van der Waals surface area contributed by atoms with E-state index in [0.717, 1.165) is 38.8 Å². The molecule has 0 spiro atoms. The van der Waals surface area contributed by atoms with Gasteiger partial charge in [-0.15, -0.1) is 0 Å². The highest BCUT2D eigenvalue weighted by atomic mass is 16.5. The lowest BCUT2D eigenvalue weighted by Gasteiger charge is -2.37. The molecule has 0 aromatic heterocycles. The van der Waals surface area contributed by atoms with Crippen LogP contribution in [0.5, 0.6) is 0 Å². The number of rotatable bonds is 4. The van der Waals surface area contributed by atoms with Crippen LogP contribution in [0, 0.1) is 11.8 Å². The van der Waals surface area contributed by atoms with Gasteiger partial charge in [0.15, 0.2) is 0 Å². The molecule has 3 heteroatoms. The second-order valence-electron chi connectivity index (χ2n) is 4.55. The minimum Gasteiger partial charge on any atom is -0.396 e. The smallest absolute Gasteiger partial charge is 0.0594 e. The van der Waals surface area contributed by atoms with E-state index in [1.54, 1.807) is 0 Å². The van der Waals surface area contributed by atoms with Crippen molar-refractivity contribution < 1.29 is 9.84 Å². The predicted octanol–water partition coefficient (Wildman–Crippen LogP) is 0.727. The first kappa shape index (κ1) is 10.4. The maximum atomic E-state index is 9.33. The SMILES string of the molecule is OCC(CN1CCOCC1)C1CCC1. The molecule has 0 aromatic rings. The third kappa shape index (κ3) is 2.47. The molecule has 2 fully saturated rings. The highest BCUT2D eigenvalue weighted by molar-refractivity contribution is 4.80. The molecule has 1 heterocycles. The van der Waals surface area contributed by atoms with E-state index in [9.17, 15) is 5.11 Å². The Labute approximate surface area is 86.0 Å². The van der Waals surface area contributed by atoms with Crippen molar-refractivity contribution in [1.82, 2.24) is 4.90 Å². The van der Waals surface area contributed by atoms with Gasteiger partial charge in [0.2, 0.25) is 0 Å². The summed E-state index contributed by atoms with van der Waals surface area (Å²) in [6.45, 7) is 5.25. The van der Waals surface area contributed by atoms with Gasteiger partial charge in [-0.3, -0.25) is 4.90 Å². The maximum absolute atomic E-state index is 9.33. The number of ether oxygens (including phenoxy) is 1. The zero-order valence-electron chi connectivity index (χ0n) is 8.82. The summed E-state index contributed by atoms with van der Waals surface area (Å²) in [5.74, 6) is 1.31. The Morgan fingerprint density at radius 1 is 1.29 bits per heavy atom. The third-order valence-electron chi connectivity index (χ3n) is 3.65. The molecule has 3 nitrogen and oxygen atoms in total. The van der Waals surface area contributed by atoms with Crippen LogP contribution in [0.2, 0.25) is 0 Å². The Hall–Kier alpha value is -0.120. The molecule has 0 aromatic carbocycles. The standard InChI is InChI=1S/C11H21NO2/c13-9-11(10-2-1-3-10)8-12-4-6-14-7-5-12/h10-11,13H,1-9H2. The van der Waals surface area contributed by atoms with Crippen molar-refractivity contribution in [1.29, 1.82) is 0 Å². The molecule has 2 rings (SSSR count). The molecule has 1 saturated carbocycles. The van der Waals surface area contributed by atoms with Crippen LogP contribution in [0.25, 0.3) is 0 Å². The van der Waals surface area contributed by atoms with Crippen molar-refractivity contribution in [3.63, 3.8) is 0 Å². The average molecular weight is 199 g/mol. The number of hydrogen-bond donors (Lipinski definition) is 1. The number of morpholine rings is 1. The second kappa shape index (κ2) is 5.10. The van der Waals surface area contributed by atoms with E-state index in [0.29, 0.717) is 12.5 Å². The van der Waals surface area contributed by atoms with Crippen molar-refractivity contribution >= 4 is 0 Å². The van der Waals surface area contributed by atoms with Gasteiger partial charge in [0.05, 0.1) is 13.2 Å². The summed E-state index contributed by atoms with van der Waals surface area (Å²) < 4.78 is 5.31. The van der Waals surface area contributed by atoms with Gasteiger partial charge in [-0.25, -0.2) is 0 Å². The van der Waals surface area contributed by atoms with Crippen LogP contribution in [-0.2, 0) is 4.74 Å². The van der Waals surface area contributed by atoms with Crippen LogP contribution >= 0.6 is 0 Å². The zero-order valence-corrected chi connectivity index (χ0v) is 8.82. The van der Waals surface area contributed by atoms with Crippen LogP contribution in [0.1, 0.15) is 19.3 Å². The molecule has 1 saturated heterocycles. The first-order valence-electron chi connectivity index (χ1n) is 5.81. The Kier molecular flexibility index (Phi) is 3.79. The van der Waals surface area contributed by atoms with Crippen molar-refractivity contribution in [3.05, 3.63) is 0 Å². The lowest BCUT2D eigenvalue weighted by molar-refractivity contribution is 0.0106. The molecule has 2 aliphatic rings. The monoisotopic (exact) mass is 199 g/mol. The molecule has 1 aliphatic heterocycles. The van der Waals surface area contributed by atoms with Gasteiger partial charge in [0.25, 0.3) is 0 Å². The highest BCUT2D eigenvalue weighted by Crippen LogP contribution is 2.33. The van der Waals surface area contributed by atoms with Gasteiger partial charge in [0.1, 0.15) is 0 Å². The predicted molar refractivity (Wildman–Crippen MR) is 55.2 cm³/mol. The van der Waals surface area contributed by atoms with E-state index in [2.05, 4.69) is 4.90 Å². The summed E-state index contributed by atoms with van der Waals surface area (Å²) in [6, 6.07) is 0. The zero-order chi connectivity index (χ0) is 9.80. The molecule has 0 bridgehead atoms. The molecule has 0 radical (unpaired) electrons. The van der Waals surface area contributed by atoms with Gasteiger partial charge >= 0.3 is 0 Å². The van der Waals surface area contributed by atoms with Crippen LogP contribution in [-0.4, -0.2) is 49.5 Å². The molecule has 1 N–H and O–H groups in total. The highest BCUT2D eigenvalue weighted by Gasteiger charge is 2.28. The molecule has 1 atom stereocenters. The summed E-state index contributed by atoms with van der Waals surface area (Å²) >= 11 is 0. The second-order valence-corrected chi connectivity index (χ2v) is 4.55. The Balaban J connectivity index is 1.74. The fourth-order valence-corrected chi connectivity index (χ4v) is 2.38. The number of hydrogen-bond acceptors (Lipinski definition) is 3. The summed E-state index contributed by atoms with van der Waals surface area (Å²) in [7, 11) is 0. The quantitative estimate of drug-likeness (QED) is 0.724. The van der Waals surface area contributed by atoms with Gasteiger partial charge in [-0.2, -0.15) is 0 Å². The summed E-state index contributed by atoms with van der Waals surface area (Å²) in [4.78, 5) is 2.43. The maximum Gasteiger partial charge on any atom is 0.0594 e. The van der Waals surface area contributed by atoms with Crippen LogP contribution < -0.4 is 0 Å². The molecule has 0 amide bonds. The Morgan fingerprint density at radius 2 is 2.00 bits per heavy atom. The van der Waals surface area contributed by atoms with E-state index in [1.807, 2.05) is 0 Å². The first-order valence-corrected chi connectivity index (χ1v) is 5.81. The molecule has 1 aliphatic carbocycles. The number of nitrogens with zero attached hydrogens (tertiary/aromatic N) is 1. The van der Waals surface area contributed by atoms with Gasteiger partial charge in [-0.1, -0.05) is 19.3 Å². The first-order chi connectivity index (χ1) is 6.90. The normalized spacial score (nSPS) is 27.2. The minimum atomic E-state index is 0.363.